The molecule has 9 heteroatoms. The van der Waals surface area contributed by atoms with Crippen molar-refractivity contribution >= 4 is 11.5 Å². The quantitative estimate of drug-likeness (QED) is 0.608. The van der Waals surface area contributed by atoms with E-state index < -0.39 is 0 Å². The first-order chi connectivity index (χ1) is 14.9. The monoisotopic (exact) mass is 423 g/mol. The third kappa shape index (κ3) is 4.31. The molecule has 31 heavy (non-hydrogen) atoms. The summed E-state index contributed by atoms with van der Waals surface area (Å²) in [5.41, 5.74) is 8.81. The maximum Gasteiger partial charge on any atom is 0.213 e. The highest BCUT2D eigenvalue weighted by atomic mass is 19.1. The van der Waals surface area contributed by atoms with Crippen molar-refractivity contribution in [1.82, 2.24) is 19.7 Å². The summed E-state index contributed by atoms with van der Waals surface area (Å²) in [4.78, 5) is 16.6. The van der Waals surface area contributed by atoms with Gasteiger partial charge < -0.3 is 19.8 Å². The molecule has 3 heterocycles. The number of ketones is 1. The number of nitrogens with zero attached hydrogens (tertiary/aromatic N) is 4. The first-order valence-corrected chi connectivity index (χ1v) is 9.80. The number of carbonyl (C=O) groups excluding carboxylic acids is 1. The van der Waals surface area contributed by atoms with Gasteiger partial charge in [0.05, 0.1) is 17.9 Å². The number of benzene rings is 1. The Morgan fingerprint density at radius 1 is 1.23 bits per heavy atom. The minimum atomic E-state index is -0.376. The van der Waals surface area contributed by atoms with Crippen LogP contribution in [0.25, 0.3) is 17.1 Å². The van der Waals surface area contributed by atoms with Crippen LogP contribution in [0.1, 0.15) is 24.0 Å². The lowest BCUT2D eigenvalue weighted by atomic mass is 10.0. The number of hydrogen-bond donors (Lipinski definition) is 1. The van der Waals surface area contributed by atoms with Crippen molar-refractivity contribution in [2.24, 2.45) is 5.73 Å². The van der Waals surface area contributed by atoms with Gasteiger partial charge in [-0.1, -0.05) is 0 Å². The van der Waals surface area contributed by atoms with E-state index in [9.17, 15) is 9.18 Å². The number of rotatable bonds is 6. The van der Waals surface area contributed by atoms with E-state index >= 15 is 0 Å². The molecule has 160 valence electrons. The van der Waals surface area contributed by atoms with Gasteiger partial charge in [0, 0.05) is 23.9 Å². The number of hydrogen-bond acceptors (Lipinski definition) is 7. The van der Waals surface area contributed by atoms with Gasteiger partial charge in [0.1, 0.15) is 19.0 Å². The second-order valence-corrected chi connectivity index (χ2v) is 7.17. The Hall–Kier alpha value is -3.59. The molecule has 3 aromatic rings. The maximum absolute atomic E-state index is 13.2. The molecule has 2 N–H and O–H groups in total. The van der Waals surface area contributed by atoms with Crippen LogP contribution in [0.15, 0.2) is 42.0 Å². The molecule has 8 nitrogen and oxygen atoms in total. The second kappa shape index (κ2) is 8.65. The zero-order valence-corrected chi connectivity index (χ0v) is 17.3. The van der Waals surface area contributed by atoms with E-state index in [0.717, 1.165) is 22.9 Å². The van der Waals surface area contributed by atoms with Gasteiger partial charge in [0.25, 0.3) is 0 Å². The van der Waals surface area contributed by atoms with Crippen LogP contribution in [0.4, 0.5) is 4.39 Å². The van der Waals surface area contributed by atoms with E-state index in [1.165, 1.54) is 31.2 Å². The normalized spacial score (nSPS) is 14.0. The van der Waals surface area contributed by atoms with Crippen molar-refractivity contribution in [2.75, 3.05) is 13.2 Å². The molecule has 0 saturated carbocycles. The summed E-state index contributed by atoms with van der Waals surface area (Å²) in [6.07, 6.45) is 0. The lowest BCUT2D eigenvalue weighted by Gasteiger charge is -2.16. The smallest absolute Gasteiger partial charge is 0.213 e. The number of pyridine rings is 1. The molecule has 0 atom stereocenters. The third-order valence-electron chi connectivity index (χ3n) is 5.09. The number of Topliss-reactive ketones (excluding diaryl/α,β-unsaturated/α-hetero) is 1. The van der Waals surface area contributed by atoms with Crippen LogP contribution in [0.3, 0.4) is 0 Å². The molecule has 1 aliphatic heterocycles. The molecule has 0 saturated heterocycles. The fourth-order valence-electron chi connectivity index (χ4n) is 3.37. The molecule has 0 radical (unpaired) electrons. The Bertz CT molecular complexity index is 1150. The fourth-order valence-corrected chi connectivity index (χ4v) is 3.37. The topological polar surface area (TPSA) is 105 Å². The van der Waals surface area contributed by atoms with Crippen LogP contribution >= 0.6 is 0 Å². The van der Waals surface area contributed by atoms with Gasteiger partial charge in [-0.25, -0.2) is 9.37 Å². The van der Waals surface area contributed by atoms with E-state index in [-0.39, 0.29) is 23.9 Å². The molecule has 1 aromatic carbocycles. The Morgan fingerprint density at radius 3 is 2.71 bits per heavy atom. The lowest BCUT2D eigenvalue weighted by Crippen LogP contribution is -2.17. The number of halogens is 1. The standard InChI is InChI=1S/C22H22FN5O3/c1-13-17(22-27-26-19-12-30-10-9-28(19)22)7-8-20(25-13)31-11-18(14(2)29)21(24)15-3-5-16(23)6-4-15/h3-8H,9-12,24H2,1-2H3/b21-18-. The van der Waals surface area contributed by atoms with Crippen LogP contribution in [0.2, 0.25) is 0 Å². The van der Waals surface area contributed by atoms with Crippen LogP contribution in [-0.4, -0.2) is 38.7 Å². The summed E-state index contributed by atoms with van der Waals surface area (Å²) in [7, 11) is 0. The molecule has 0 amide bonds. The largest absolute Gasteiger partial charge is 0.473 e. The number of aromatic nitrogens is 4. The van der Waals surface area contributed by atoms with Crippen molar-refractivity contribution < 1.29 is 18.7 Å². The van der Waals surface area contributed by atoms with E-state index in [0.29, 0.717) is 36.8 Å². The summed E-state index contributed by atoms with van der Waals surface area (Å²) in [6.45, 7) is 4.96. The van der Waals surface area contributed by atoms with E-state index in [4.69, 9.17) is 15.2 Å². The first-order valence-electron chi connectivity index (χ1n) is 9.80. The summed E-state index contributed by atoms with van der Waals surface area (Å²) in [5, 5.41) is 8.45. The minimum Gasteiger partial charge on any atom is -0.473 e. The average Bonchev–Trinajstić information content (AvgIpc) is 3.18. The first kappa shape index (κ1) is 20.7. The molecule has 1 aliphatic rings. The maximum atomic E-state index is 13.2. The van der Waals surface area contributed by atoms with Gasteiger partial charge in [-0.05, 0) is 49.7 Å². The van der Waals surface area contributed by atoms with Crippen LogP contribution in [0.5, 0.6) is 5.88 Å². The Labute approximate surface area is 178 Å². The molecule has 0 spiro atoms. The lowest BCUT2D eigenvalue weighted by molar-refractivity contribution is -0.113. The summed E-state index contributed by atoms with van der Waals surface area (Å²) < 4.78 is 26.4. The molecule has 0 aliphatic carbocycles. The van der Waals surface area contributed by atoms with Crippen LogP contribution < -0.4 is 10.5 Å². The van der Waals surface area contributed by atoms with E-state index in [2.05, 4.69) is 15.2 Å². The molecular weight excluding hydrogens is 401 g/mol. The zero-order chi connectivity index (χ0) is 22.0. The van der Waals surface area contributed by atoms with Gasteiger partial charge in [0.15, 0.2) is 17.4 Å². The van der Waals surface area contributed by atoms with Crippen LogP contribution in [0, 0.1) is 12.7 Å². The van der Waals surface area contributed by atoms with Crippen molar-refractivity contribution in [1.29, 1.82) is 0 Å². The van der Waals surface area contributed by atoms with Crippen molar-refractivity contribution in [3.05, 3.63) is 64.9 Å². The van der Waals surface area contributed by atoms with Crippen molar-refractivity contribution in [2.45, 2.75) is 27.0 Å². The van der Waals surface area contributed by atoms with Crippen molar-refractivity contribution in [3.63, 3.8) is 0 Å². The highest BCUT2D eigenvalue weighted by Gasteiger charge is 2.19. The van der Waals surface area contributed by atoms with Crippen LogP contribution in [-0.2, 0) is 22.7 Å². The highest BCUT2D eigenvalue weighted by Crippen LogP contribution is 2.25. The highest BCUT2D eigenvalue weighted by molar-refractivity contribution is 6.00. The number of aryl methyl sites for hydroxylation is 1. The second-order valence-electron chi connectivity index (χ2n) is 7.17. The van der Waals surface area contributed by atoms with Gasteiger partial charge in [-0.2, -0.15) is 0 Å². The Balaban J connectivity index is 1.55. The Kier molecular flexibility index (Phi) is 5.77. The fraction of sp³-hybridized carbons (Fsp3) is 0.273. The molecule has 0 unspecified atom stereocenters. The number of fused-ring (bicyclic) bond motifs is 1. The average molecular weight is 423 g/mol. The third-order valence-corrected chi connectivity index (χ3v) is 5.09. The number of carbonyl (C=O) groups is 1. The predicted molar refractivity (Wildman–Crippen MR) is 111 cm³/mol. The Morgan fingerprint density at radius 2 is 2.00 bits per heavy atom. The van der Waals surface area contributed by atoms with Gasteiger partial charge in [0.2, 0.25) is 5.88 Å². The molecule has 4 rings (SSSR count). The number of ether oxygens (including phenoxy) is 2. The van der Waals surface area contributed by atoms with Gasteiger partial charge in [-0.3, -0.25) is 4.79 Å². The van der Waals surface area contributed by atoms with E-state index in [1.807, 2.05) is 17.6 Å². The van der Waals surface area contributed by atoms with E-state index in [1.54, 1.807) is 6.07 Å². The van der Waals surface area contributed by atoms with Gasteiger partial charge in [-0.15, -0.1) is 10.2 Å². The summed E-state index contributed by atoms with van der Waals surface area (Å²) in [5.74, 6) is 1.27. The minimum absolute atomic E-state index is 0.0536. The summed E-state index contributed by atoms with van der Waals surface area (Å²) >= 11 is 0. The molecule has 0 bridgehead atoms. The predicted octanol–water partition coefficient (Wildman–Crippen LogP) is 2.66. The SMILES string of the molecule is CC(=O)/C(COc1ccc(-c2nnc3n2CCOC3)c(C)n1)=C(\N)c1ccc(F)cc1. The molecule has 0 fully saturated rings. The number of nitrogens with two attached hydrogens (primary N) is 1. The zero-order valence-electron chi connectivity index (χ0n) is 17.3. The van der Waals surface area contributed by atoms with Crippen molar-refractivity contribution in [3.8, 4) is 17.3 Å². The molecule has 2 aromatic heterocycles. The summed E-state index contributed by atoms with van der Waals surface area (Å²) in [6, 6.07) is 9.21. The molecular formula is C22H22FN5O3. The van der Waals surface area contributed by atoms with Gasteiger partial charge >= 0.3 is 0 Å².